The van der Waals surface area contributed by atoms with Gasteiger partial charge in [-0.2, -0.15) is 0 Å². The second-order valence-electron chi connectivity index (χ2n) is 8.37. The second kappa shape index (κ2) is 6.56. The Morgan fingerprint density at radius 2 is 1.73 bits per heavy atom. The minimum atomic E-state index is -0.424. The Morgan fingerprint density at radius 3 is 2.53 bits per heavy atom. The van der Waals surface area contributed by atoms with E-state index in [1.807, 2.05) is 18.2 Å². The van der Waals surface area contributed by atoms with Crippen molar-refractivity contribution in [2.45, 2.75) is 26.3 Å². The number of anilines is 1. The summed E-state index contributed by atoms with van der Waals surface area (Å²) in [5, 5.41) is 3.55. The zero-order chi connectivity index (χ0) is 21.0. The minimum absolute atomic E-state index is 0.183. The Hall–Kier alpha value is -3.40. The zero-order valence-corrected chi connectivity index (χ0v) is 17.0. The first kappa shape index (κ1) is 18.6. The summed E-state index contributed by atoms with van der Waals surface area (Å²) in [5.74, 6) is -0.0632. The lowest BCUT2D eigenvalue weighted by molar-refractivity contribution is 0.466. The molecule has 1 N–H and O–H groups in total. The van der Waals surface area contributed by atoms with Gasteiger partial charge in [0.2, 0.25) is 0 Å². The van der Waals surface area contributed by atoms with Gasteiger partial charge in [-0.05, 0) is 67.8 Å². The molecule has 0 amide bonds. The normalized spacial score (nSPS) is 17.2. The smallest absolute Gasteiger partial charge is 0.170 e. The van der Waals surface area contributed by atoms with Crippen molar-refractivity contribution in [3.63, 3.8) is 0 Å². The fourth-order valence-electron chi connectivity index (χ4n) is 4.43. The van der Waals surface area contributed by atoms with Crippen LogP contribution in [0, 0.1) is 11.6 Å². The minimum Gasteiger partial charge on any atom is -0.453 e. The van der Waals surface area contributed by atoms with Gasteiger partial charge in [-0.15, -0.1) is 0 Å². The fraction of sp³-hybridized carbons (Fsp3) is 0.154. The van der Waals surface area contributed by atoms with Crippen LogP contribution in [-0.2, 0) is 0 Å². The van der Waals surface area contributed by atoms with Crippen LogP contribution in [0.25, 0.3) is 28.5 Å². The van der Waals surface area contributed by atoms with E-state index in [0.29, 0.717) is 16.9 Å². The first-order valence-corrected chi connectivity index (χ1v) is 9.92. The second-order valence-corrected chi connectivity index (χ2v) is 8.37. The summed E-state index contributed by atoms with van der Waals surface area (Å²) in [6, 6.07) is 15.2. The molecule has 2 aliphatic rings. The van der Waals surface area contributed by atoms with E-state index in [1.54, 1.807) is 24.3 Å². The summed E-state index contributed by atoms with van der Waals surface area (Å²) in [6.45, 7) is 6.30. The third-order valence-electron chi connectivity index (χ3n) is 5.50. The molecule has 0 spiro atoms. The van der Waals surface area contributed by atoms with Crippen LogP contribution in [0.3, 0.4) is 0 Å². The molecule has 3 aromatic carbocycles. The van der Waals surface area contributed by atoms with Crippen molar-refractivity contribution in [2.24, 2.45) is 0 Å². The van der Waals surface area contributed by atoms with Crippen LogP contribution in [0.2, 0.25) is 0 Å². The molecule has 0 saturated heterocycles. The van der Waals surface area contributed by atoms with Gasteiger partial charge in [0.15, 0.2) is 11.6 Å². The van der Waals surface area contributed by atoms with E-state index < -0.39 is 5.82 Å². The standard InChI is InChI=1S/C26H21F2NO/c1-15-14-26(2,3)29-21-11-10-18-19-8-5-9-20(28)25(19)30-22(24(18)23(15)21)13-16-6-4-7-17(27)12-16/h4-14,29H,1-3H3/b22-13-. The lowest BCUT2D eigenvalue weighted by Gasteiger charge is -2.35. The van der Waals surface area contributed by atoms with Crippen LogP contribution in [0.5, 0.6) is 5.75 Å². The fourth-order valence-corrected chi connectivity index (χ4v) is 4.43. The van der Waals surface area contributed by atoms with Crippen LogP contribution in [0.1, 0.15) is 37.5 Å². The maximum atomic E-state index is 14.6. The van der Waals surface area contributed by atoms with Crippen molar-refractivity contribution in [3.05, 3.63) is 89.0 Å². The molecule has 30 heavy (non-hydrogen) atoms. The molecule has 0 aromatic heterocycles. The summed E-state index contributed by atoms with van der Waals surface area (Å²) >= 11 is 0. The first-order chi connectivity index (χ1) is 14.3. The Bertz CT molecular complexity index is 1250. The number of fused-ring (bicyclic) bond motifs is 5. The van der Waals surface area contributed by atoms with Gasteiger partial charge in [0, 0.05) is 22.4 Å². The van der Waals surface area contributed by atoms with Gasteiger partial charge in [-0.3, -0.25) is 0 Å². The first-order valence-electron chi connectivity index (χ1n) is 9.92. The molecule has 0 radical (unpaired) electrons. The highest BCUT2D eigenvalue weighted by Crippen LogP contribution is 2.49. The van der Waals surface area contributed by atoms with Crippen molar-refractivity contribution in [1.82, 2.24) is 0 Å². The Balaban J connectivity index is 1.82. The average molecular weight is 401 g/mol. The molecular formula is C26H21F2NO. The van der Waals surface area contributed by atoms with Crippen LogP contribution >= 0.6 is 0 Å². The van der Waals surface area contributed by atoms with E-state index in [0.717, 1.165) is 28.0 Å². The topological polar surface area (TPSA) is 21.3 Å². The highest BCUT2D eigenvalue weighted by atomic mass is 19.1. The largest absolute Gasteiger partial charge is 0.453 e. The van der Waals surface area contributed by atoms with E-state index >= 15 is 0 Å². The van der Waals surface area contributed by atoms with Crippen molar-refractivity contribution in [2.75, 3.05) is 5.32 Å². The number of halogens is 2. The molecule has 0 aliphatic carbocycles. The van der Waals surface area contributed by atoms with Crippen molar-refractivity contribution >= 4 is 23.1 Å². The van der Waals surface area contributed by atoms with Gasteiger partial charge < -0.3 is 10.1 Å². The van der Waals surface area contributed by atoms with Gasteiger partial charge in [-0.25, -0.2) is 8.78 Å². The summed E-state index contributed by atoms with van der Waals surface area (Å²) in [5.41, 5.74) is 6.08. The van der Waals surface area contributed by atoms with Gasteiger partial charge >= 0.3 is 0 Å². The summed E-state index contributed by atoms with van der Waals surface area (Å²) < 4.78 is 34.5. The predicted molar refractivity (Wildman–Crippen MR) is 118 cm³/mol. The third-order valence-corrected chi connectivity index (χ3v) is 5.50. The van der Waals surface area contributed by atoms with E-state index in [1.165, 1.54) is 18.2 Å². The summed E-state index contributed by atoms with van der Waals surface area (Å²) in [6.07, 6.45) is 3.95. The van der Waals surface area contributed by atoms with E-state index in [9.17, 15) is 8.78 Å². The highest BCUT2D eigenvalue weighted by molar-refractivity contribution is 6.00. The summed E-state index contributed by atoms with van der Waals surface area (Å²) in [4.78, 5) is 0. The molecule has 0 fully saturated rings. The number of hydrogen-bond donors (Lipinski definition) is 1. The van der Waals surface area contributed by atoms with Crippen LogP contribution in [0.15, 0.2) is 60.7 Å². The maximum absolute atomic E-state index is 14.6. The monoisotopic (exact) mass is 401 g/mol. The molecule has 4 heteroatoms. The average Bonchev–Trinajstić information content (AvgIpc) is 2.67. The van der Waals surface area contributed by atoms with Crippen molar-refractivity contribution in [3.8, 4) is 16.9 Å². The molecule has 2 nitrogen and oxygen atoms in total. The molecule has 2 heterocycles. The Morgan fingerprint density at radius 1 is 0.933 bits per heavy atom. The number of hydrogen-bond acceptors (Lipinski definition) is 2. The lowest BCUT2D eigenvalue weighted by Crippen LogP contribution is -2.32. The zero-order valence-electron chi connectivity index (χ0n) is 17.0. The number of para-hydroxylation sites is 1. The molecule has 0 unspecified atom stereocenters. The third kappa shape index (κ3) is 3.00. The Kier molecular flexibility index (Phi) is 4.07. The molecule has 0 bridgehead atoms. The van der Waals surface area contributed by atoms with Crippen molar-refractivity contribution in [1.29, 1.82) is 0 Å². The number of ether oxygens (including phenoxy) is 1. The lowest BCUT2D eigenvalue weighted by atomic mass is 9.83. The van der Waals surface area contributed by atoms with Gasteiger partial charge in [0.25, 0.3) is 0 Å². The van der Waals surface area contributed by atoms with Crippen LogP contribution in [0.4, 0.5) is 14.5 Å². The maximum Gasteiger partial charge on any atom is 0.170 e. The molecule has 0 saturated carbocycles. The molecular weight excluding hydrogens is 380 g/mol. The summed E-state index contributed by atoms with van der Waals surface area (Å²) in [7, 11) is 0. The molecule has 3 aromatic rings. The van der Waals surface area contributed by atoms with E-state index in [-0.39, 0.29) is 17.1 Å². The molecule has 150 valence electrons. The molecule has 2 aliphatic heterocycles. The van der Waals surface area contributed by atoms with Gasteiger partial charge in [0.05, 0.1) is 5.54 Å². The number of rotatable bonds is 1. The van der Waals surface area contributed by atoms with Crippen LogP contribution < -0.4 is 10.1 Å². The van der Waals surface area contributed by atoms with E-state index in [2.05, 4.69) is 32.2 Å². The quantitative estimate of drug-likeness (QED) is 0.468. The van der Waals surface area contributed by atoms with Crippen molar-refractivity contribution < 1.29 is 13.5 Å². The van der Waals surface area contributed by atoms with Crippen LogP contribution in [-0.4, -0.2) is 5.54 Å². The number of nitrogens with one attached hydrogen (secondary N) is 1. The number of allylic oxidation sites excluding steroid dienone is 1. The van der Waals surface area contributed by atoms with E-state index in [4.69, 9.17) is 4.74 Å². The molecule has 0 atom stereocenters. The van der Waals surface area contributed by atoms with Gasteiger partial charge in [-0.1, -0.05) is 36.4 Å². The number of benzene rings is 3. The Labute approximate surface area is 174 Å². The molecule has 5 rings (SSSR count). The SMILES string of the molecule is CC1=CC(C)(C)Nc2ccc3c(c21)/C(=C/c1cccc(F)c1)Oc1c(F)cccc1-3. The highest BCUT2D eigenvalue weighted by Gasteiger charge is 2.32. The van der Waals surface area contributed by atoms with Gasteiger partial charge in [0.1, 0.15) is 11.6 Å². The predicted octanol–water partition coefficient (Wildman–Crippen LogP) is 7.13.